The first-order valence-electron chi connectivity index (χ1n) is 9.16. The summed E-state index contributed by atoms with van der Waals surface area (Å²) in [5, 5.41) is 14.4. The largest absolute Gasteiger partial charge is 0.379 e. The van der Waals surface area contributed by atoms with E-state index in [4.69, 9.17) is 10.00 Å². The van der Waals surface area contributed by atoms with Crippen LogP contribution in [0.15, 0.2) is 53.4 Å². The van der Waals surface area contributed by atoms with Crippen LogP contribution in [0.1, 0.15) is 5.56 Å². The van der Waals surface area contributed by atoms with E-state index in [1.807, 2.05) is 0 Å². The van der Waals surface area contributed by atoms with Crippen LogP contribution >= 0.6 is 0 Å². The molecule has 1 heterocycles. The lowest BCUT2D eigenvalue weighted by atomic mass is 10.1. The van der Waals surface area contributed by atoms with E-state index in [2.05, 4.69) is 16.7 Å². The number of morpholine rings is 1. The van der Waals surface area contributed by atoms with E-state index in [0.717, 1.165) is 5.56 Å². The molecule has 8 nitrogen and oxygen atoms in total. The van der Waals surface area contributed by atoms with Crippen LogP contribution in [0.5, 0.6) is 0 Å². The van der Waals surface area contributed by atoms with Gasteiger partial charge in [0.2, 0.25) is 15.9 Å². The monoisotopic (exact) mass is 414 g/mol. The Morgan fingerprint density at radius 2 is 1.83 bits per heavy atom. The number of carbonyl (C=O) groups is 1. The predicted molar refractivity (Wildman–Crippen MR) is 109 cm³/mol. The minimum Gasteiger partial charge on any atom is -0.379 e. The summed E-state index contributed by atoms with van der Waals surface area (Å²) in [5.41, 5.74) is 2.04. The molecule has 0 saturated carbocycles. The zero-order valence-corrected chi connectivity index (χ0v) is 16.6. The Hall–Kier alpha value is -2.93. The normalized spacial score (nSPS) is 14.7. The number of amides is 1. The Bertz CT molecular complexity index is 994. The first kappa shape index (κ1) is 20.8. The van der Waals surface area contributed by atoms with Crippen LogP contribution in [0.4, 0.5) is 11.4 Å². The fourth-order valence-electron chi connectivity index (χ4n) is 2.89. The highest BCUT2D eigenvalue weighted by Gasteiger charge is 2.26. The molecule has 152 valence electrons. The minimum absolute atomic E-state index is 0.0129. The summed E-state index contributed by atoms with van der Waals surface area (Å²) >= 11 is 0. The molecule has 1 saturated heterocycles. The van der Waals surface area contributed by atoms with Gasteiger partial charge in [0.05, 0.1) is 37.1 Å². The van der Waals surface area contributed by atoms with Gasteiger partial charge in [0.1, 0.15) is 0 Å². The molecule has 0 aliphatic carbocycles. The van der Waals surface area contributed by atoms with E-state index in [9.17, 15) is 13.2 Å². The third-order valence-corrected chi connectivity index (χ3v) is 6.31. The molecule has 0 atom stereocenters. The molecule has 0 spiro atoms. The number of rotatable bonds is 7. The highest BCUT2D eigenvalue weighted by atomic mass is 32.2. The molecule has 0 aromatic heterocycles. The molecule has 2 N–H and O–H groups in total. The Kier molecular flexibility index (Phi) is 6.82. The van der Waals surface area contributed by atoms with Gasteiger partial charge in [-0.2, -0.15) is 9.57 Å². The van der Waals surface area contributed by atoms with Crippen molar-refractivity contribution in [3.8, 4) is 6.07 Å². The second-order valence-electron chi connectivity index (χ2n) is 6.48. The highest BCUT2D eigenvalue weighted by molar-refractivity contribution is 7.89. The number of sulfonamides is 1. The second kappa shape index (κ2) is 9.52. The number of nitrogens with one attached hydrogen (secondary N) is 2. The summed E-state index contributed by atoms with van der Waals surface area (Å²) in [4.78, 5) is 12.3. The third-order valence-electron chi connectivity index (χ3n) is 4.42. The molecule has 1 aliphatic rings. The lowest BCUT2D eigenvalue weighted by Crippen LogP contribution is -2.40. The number of carbonyl (C=O) groups excluding carboxylic acids is 1. The van der Waals surface area contributed by atoms with Crippen LogP contribution in [0, 0.1) is 11.3 Å². The Morgan fingerprint density at radius 3 is 2.52 bits per heavy atom. The topological polar surface area (TPSA) is 112 Å². The summed E-state index contributed by atoms with van der Waals surface area (Å²) in [7, 11) is -3.59. The number of anilines is 2. The van der Waals surface area contributed by atoms with Gasteiger partial charge in [-0.3, -0.25) is 4.79 Å². The van der Waals surface area contributed by atoms with Crippen molar-refractivity contribution in [1.29, 1.82) is 5.26 Å². The van der Waals surface area contributed by atoms with Gasteiger partial charge in [0.15, 0.2) is 0 Å². The number of nitrogens with zero attached hydrogens (tertiary/aromatic N) is 2. The first-order valence-corrected chi connectivity index (χ1v) is 10.6. The number of hydrogen-bond donors (Lipinski definition) is 2. The smallest absolute Gasteiger partial charge is 0.243 e. The molecule has 0 bridgehead atoms. The fourth-order valence-corrected chi connectivity index (χ4v) is 4.34. The van der Waals surface area contributed by atoms with Crippen LogP contribution in [0.25, 0.3) is 0 Å². The van der Waals surface area contributed by atoms with Gasteiger partial charge in [0, 0.05) is 24.5 Å². The van der Waals surface area contributed by atoms with Crippen molar-refractivity contribution >= 4 is 27.3 Å². The molecule has 1 amide bonds. The molecule has 1 fully saturated rings. The van der Waals surface area contributed by atoms with Crippen molar-refractivity contribution in [2.24, 2.45) is 0 Å². The van der Waals surface area contributed by atoms with E-state index in [1.165, 1.54) is 10.4 Å². The average Bonchev–Trinajstić information content (AvgIpc) is 2.75. The van der Waals surface area contributed by atoms with E-state index in [0.29, 0.717) is 44.1 Å². The quantitative estimate of drug-likeness (QED) is 0.715. The Balaban J connectivity index is 1.58. The minimum atomic E-state index is -3.59. The maximum Gasteiger partial charge on any atom is 0.243 e. The molecular weight excluding hydrogens is 392 g/mol. The van der Waals surface area contributed by atoms with Crippen LogP contribution in [0.2, 0.25) is 0 Å². The van der Waals surface area contributed by atoms with Crippen molar-refractivity contribution in [3.63, 3.8) is 0 Å². The number of benzene rings is 2. The van der Waals surface area contributed by atoms with Crippen molar-refractivity contribution in [3.05, 3.63) is 54.1 Å². The summed E-state index contributed by atoms with van der Waals surface area (Å²) in [5.74, 6) is -0.264. The van der Waals surface area contributed by atoms with Crippen molar-refractivity contribution < 1.29 is 17.9 Å². The predicted octanol–water partition coefficient (Wildman–Crippen LogP) is 1.82. The fraction of sp³-hybridized carbons (Fsp3) is 0.300. The highest BCUT2D eigenvalue weighted by Crippen LogP contribution is 2.20. The third kappa shape index (κ3) is 5.54. The molecule has 0 radical (unpaired) electrons. The summed E-state index contributed by atoms with van der Waals surface area (Å²) < 4.78 is 32.1. The van der Waals surface area contributed by atoms with Gasteiger partial charge in [0.25, 0.3) is 0 Å². The zero-order valence-electron chi connectivity index (χ0n) is 15.8. The van der Waals surface area contributed by atoms with Crippen molar-refractivity contribution in [1.82, 2.24) is 4.31 Å². The van der Waals surface area contributed by atoms with Crippen LogP contribution in [-0.4, -0.2) is 51.5 Å². The van der Waals surface area contributed by atoms with Crippen LogP contribution < -0.4 is 10.6 Å². The van der Waals surface area contributed by atoms with Gasteiger partial charge < -0.3 is 15.4 Å². The SMILES string of the molecule is N#CCc1ccc(NC(=O)CNc2cccc(S(=O)(=O)N3CCOCC3)c2)cc1. The first-order chi connectivity index (χ1) is 14.0. The standard InChI is InChI=1S/C20H22N4O4S/c21-9-8-16-4-6-17(7-5-16)23-20(25)15-22-18-2-1-3-19(14-18)29(26,27)24-10-12-28-13-11-24/h1-7,14,22H,8,10-13,15H2,(H,23,25). The lowest BCUT2D eigenvalue weighted by Gasteiger charge is -2.26. The summed E-state index contributed by atoms with van der Waals surface area (Å²) in [6.07, 6.45) is 0.319. The van der Waals surface area contributed by atoms with E-state index >= 15 is 0 Å². The van der Waals surface area contributed by atoms with Gasteiger partial charge in [-0.15, -0.1) is 0 Å². The molecule has 0 unspecified atom stereocenters. The van der Waals surface area contributed by atoms with E-state index in [-0.39, 0.29) is 17.3 Å². The number of ether oxygens (including phenoxy) is 1. The van der Waals surface area contributed by atoms with Crippen LogP contribution in [-0.2, 0) is 26.0 Å². The summed E-state index contributed by atoms with van der Waals surface area (Å²) in [6.45, 7) is 1.41. The van der Waals surface area contributed by atoms with E-state index in [1.54, 1.807) is 42.5 Å². The Labute approximate surface area is 170 Å². The molecular formula is C20H22N4O4S. The second-order valence-corrected chi connectivity index (χ2v) is 8.42. The molecule has 3 rings (SSSR count). The van der Waals surface area contributed by atoms with Gasteiger partial charge in [-0.1, -0.05) is 18.2 Å². The van der Waals surface area contributed by atoms with Crippen molar-refractivity contribution in [2.45, 2.75) is 11.3 Å². The maximum atomic E-state index is 12.7. The van der Waals surface area contributed by atoms with Gasteiger partial charge >= 0.3 is 0 Å². The molecule has 9 heteroatoms. The molecule has 2 aromatic carbocycles. The average molecular weight is 414 g/mol. The van der Waals surface area contributed by atoms with Crippen molar-refractivity contribution in [2.75, 3.05) is 43.5 Å². The maximum absolute atomic E-state index is 12.7. The van der Waals surface area contributed by atoms with Gasteiger partial charge in [-0.25, -0.2) is 8.42 Å². The molecule has 1 aliphatic heterocycles. The zero-order chi connectivity index (χ0) is 20.7. The summed E-state index contributed by atoms with van der Waals surface area (Å²) in [6, 6.07) is 15.5. The van der Waals surface area contributed by atoms with E-state index < -0.39 is 10.0 Å². The molecule has 2 aromatic rings. The van der Waals surface area contributed by atoms with Crippen LogP contribution in [0.3, 0.4) is 0 Å². The van der Waals surface area contributed by atoms with Gasteiger partial charge in [-0.05, 0) is 35.9 Å². The number of hydrogen-bond acceptors (Lipinski definition) is 6. The Morgan fingerprint density at radius 1 is 1.10 bits per heavy atom. The number of nitriles is 1. The lowest BCUT2D eigenvalue weighted by molar-refractivity contribution is -0.114. The molecule has 29 heavy (non-hydrogen) atoms.